The average molecular weight is 171 g/mol. The van der Waals surface area contributed by atoms with E-state index in [1.54, 1.807) is 6.26 Å². The molecule has 2 rings (SSSR count). The van der Waals surface area contributed by atoms with Crippen LogP contribution < -0.4 is 0 Å². The van der Waals surface area contributed by atoms with Gasteiger partial charge < -0.3 is 4.42 Å². The molecule has 0 aliphatic heterocycles. The molecule has 1 aromatic heterocycles. The van der Waals surface area contributed by atoms with E-state index >= 15 is 0 Å². The summed E-state index contributed by atoms with van der Waals surface area (Å²) in [5, 5.41) is 0. The van der Waals surface area contributed by atoms with Gasteiger partial charge in [0.1, 0.15) is 0 Å². The van der Waals surface area contributed by atoms with Gasteiger partial charge in [-0.05, 0) is 24.5 Å². The first-order valence-corrected chi connectivity index (χ1v) is 4.43. The summed E-state index contributed by atoms with van der Waals surface area (Å²) < 4.78 is 4.88. The molecule has 65 valence electrons. The second kappa shape index (κ2) is 3.94. The van der Waals surface area contributed by atoms with Crippen molar-refractivity contribution in [1.82, 2.24) is 0 Å². The second-order valence-electron chi connectivity index (χ2n) is 3.03. The van der Waals surface area contributed by atoms with Gasteiger partial charge >= 0.3 is 0 Å². The molecule has 1 nitrogen and oxygen atoms in total. The highest BCUT2D eigenvalue weighted by atomic mass is 16.3. The molecule has 0 bridgehead atoms. The van der Waals surface area contributed by atoms with E-state index in [2.05, 4.69) is 30.5 Å². The molecule has 1 heteroatoms. The Labute approximate surface area is 78.0 Å². The number of furan rings is 1. The highest BCUT2D eigenvalue weighted by Crippen LogP contribution is 2.06. The van der Waals surface area contributed by atoms with Crippen LogP contribution in [0.25, 0.3) is 0 Å². The monoisotopic (exact) mass is 171 g/mol. The highest BCUT2D eigenvalue weighted by Gasteiger charge is 1.96. The van der Waals surface area contributed by atoms with Crippen LogP contribution in [-0.4, -0.2) is 0 Å². The van der Waals surface area contributed by atoms with Crippen LogP contribution in [0.5, 0.6) is 0 Å². The summed E-state index contributed by atoms with van der Waals surface area (Å²) in [7, 11) is 0. The van der Waals surface area contributed by atoms with Gasteiger partial charge in [-0.25, -0.2) is 0 Å². The Morgan fingerprint density at radius 3 is 2.54 bits per heavy atom. The molecule has 1 radical (unpaired) electrons. The molecule has 0 N–H and O–H groups in total. The Hall–Kier alpha value is -1.50. The number of hydrogen-bond acceptors (Lipinski definition) is 1. The van der Waals surface area contributed by atoms with E-state index in [-0.39, 0.29) is 0 Å². The quantitative estimate of drug-likeness (QED) is 0.692. The van der Waals surface area contributed by atoms with Crippen LogP contribution in [0.4, 0.5) is 0 Å². The van der Waals surface area contributed by atoms with E-state index in [1.807, 2.05) is 12.1 Å². The summed E-state index contributed by atoms with van der Waals surface area (Å²) in [4.78, 5) is 0. The van der Waals surface area contributed by atoms with Gasteiger partial charge in [-0.15, -0.1) is 0 Å². The first-order valence-electron chi connectivity index (χ1n) is 4.43. The maximum absolute atomic E-state index is 4.88. The van der Waals surface area contributed by atoms with Crippen molar-refractivity contribution in [2.45, 2.75) is 12.8 Å². The topological polar surface area (TPSA) is 13.1 Å². The average Bonchev–Trinajstić information content (AvgIpc) is 2.69. The fourth-order valence-electron chi connectivity index (χ4n) is 1.32. The molecule has 0 fully saturated rings. The van der Waals surface area contributed by atoms with Gasteiger partial charge in [0.25, 0.3) is 0 Å². The summed E-state index contributed by atoms with van der Waals surface area (Å²) in [5.41, 5.74) is 2.50. The highest BCUT2D eigenvalue weighted by molar-refractivity contribution is 5.17. The van der Waals surface area contributed by atoms with Gasteiger partial charge in [0, 0.05) is 5.56 Å². The Bertz CT molecular complexity index is 335. The predicted molar refractivity (Wildman–Crippen MR) is 51.4 cm³/mol. The molecule has 1 heterocycles. The second-order valence-corrected chi connectivity index (χ2v) is 3.03. The third-order valence-electron chi connectivity index (χ3n) is 2.05. The smallest absolute Gasteiger partial charge is 0.172 e. The number of aryl methyl sites for hydroxylation is 2. The van der Waals surface area contributed by atoms with Crippen molar-refractivity contribution < 1.29 is 4.42 Å². The van der Waals surface area contributed by atoms with E-state index in [9.17, 15) is 0 Å². The number of benzene rings is 1. The fraction of sp³-hybridized carbons (Fsp3) is 0.167. The fourth-order valence-corrected chi connectivity index (χ4v) is 1.32. The number of rotatable bonds is 3. The molecule has 0 spiro atoms. The molecule has 0 unspecified atom stereocenters. The summed E-state index contributed by atoms with van der Waals surface area (Å²) >= 11 is 0. The lowest BCUT2D eigenvalue weighted by Gasteiger charge is -1.97. The van der Waals surface area contributed by atoms with Crippen molar-refractivity contribution in [2.75, 3.05) is 0 Å². The minimum atomic E-state index is 1.00. The minimum absolute atomic E-state index is 1.00. The molecule has 0 aliphatic rings. The van der Waals surface area contributed by atoms with Crippen molar-refractivity contribution in [1.29, 1.82) is 0 Å². The minimum Gasteiger partial charge on any atom is -0.461 e. The molecule has 13 heavy (non-hydrogen) atoms. The van der Waals surface area contributed by atoms with E-state index in [4.69, 9.17) is 4.42 Å². The molecule has 0 saturated carbocycles. The Balaban J connectivity index is 1.94. The lowest BCUT2D eigenvalue weighted by Crippen LogP contribution is -1.88. The first-order chi connectivity index (χ1) is 6.45. The maximum Gasteiger partial charge on any atom is 0.172 e. The third kappa shape index (κ3) is 2.22. The molecular weight excluding hydrogens is 160 g/mol. The SMILES string of the molecule is [c]1occc1CCc1ccccc1. The van der Waals surface area contributed by atoms with E-state index in [1.165, 1.54) is 5.56 Å². The van der Waals surface area contributed by atoms with Gasteiger partial charge in [-0.1, -0.05) is 30.3 Å². The third-order valence-corrected chi connectivity index (χ3v) is 2.05. The van der Waals surface area contributed by atoms with E-state index in [0.29, 0.717) is 0 Å². The van der Waals surface area contributed by atoms with E-state index < -0.39 is 0 Å². The standard InChI is InChI=1S/C12H11O/c1-2-4-11(5-3-1)6-7-12-8-9-13-10-12/h1-5,8-9H,6-7H2. The van der Waals surface area contributed by atoms with Gasteiger partial charge in [-0.3, -0.25) is 0 Å². The lowest BCUT2D eigenvalue weighted by molar-refractivity contribution is 0.554. The van der Waals surface area contributed by atoms with Crippen molar-refractivity contribution in [3.05, 3.63) is 60.1 Å². The summed E-state index contributed by atoms with van der Waals surface area (Å²) in [6.07, 6.45) is 6.55. The van der Waals surface area contributed by atoms with Gasteiger partial charge in [0.2, 0.25) is 0 Å². The molecule has 0 atom stereocenters. The molecule has 0 amide bonds. The summed E-state index contributed by atoms with van der Waals surface area (Å²) in [6, 6.07) is 12.4. The molecular formula is C12H11O. The molecule has 1 aromatic carbocycles. The van der Waals surface area contributed by atoms with Gasteiger partial charge in [-0.2, -0.15) is 0 Å². The van der Waals surface area contributed by atoms with Crippen LogP contribution in [0.3, 0.4) is 0 Å². The van der Waals surface area contributed by atoms with Crippen LogP contribution in [0.2, 0.25) is 0 Å². The van der Waals surface area contributed by atoms with Crippen LogP contribution in [0, 0.1) is 6.26 Å². The van der Waals surface area contributed by atoms with Crippen molar-refractivity contribution in [2.24, 2.45) is 0 Å². The zero-order valence-electron chi connectivity index (χ0n) is 7.36. The summed E-state index contributed by atoms with van der Waals surface area (Å²) in [5.74, 6) is 0. The van der Waals surface area contributed by atoms with Gasteiger partial charge in [0.15, 0.2) is 6.26 Å². The van der Waals surface area contributed by atoms with Crippen LogP contribution >= 0.6 is 0 Å². The largest absolute Gasteiger partial charge is 0.461 e. The lowest BCUT2D eigenvalue weighted by atomic mass is 10.1. The van der Waals surface area contributed by atoms with E-state index in [0.717, 1.165) is 18.4 Å². The predicted octanol–water partition coefficient (Wildman–Crippen LogP) is 2.86. The first kappa shape index (κ1) is 8.11. The van der Waals surface area contributed by atoms with Gasteiger partial charge in [0.05, 0.1) is 6.26 Å². The molecule has 0 saturated heterocycles. The Morgan fingerprint density at radius 1 is 1.00 bits per heavy atom. The van der Waals surface area contributed by atoms with Crippen molar-refractivity contribution >= 4 is 0 Å². The zero-order valence-corrected chi connectivity index (χ0v) is 7.36. The van der Waals surface area contributed by atoms with Crippen molar-refractivity contribution in [3.63, 3.8) is 0 Å². The normalized spacial score (nSPS) is 10.2. The van der Waals surface area contributed by atoms with Crippen LogP contribution in [-0.2, 0) is 12.8 Å². The summed E-state index contributed by atoms with van der Waals surface area (Å²) in [6.45, 7) is 0. The number of hydrogen-bond donors (Lipinski definition) is 0. The zero-order chi connectivity index (χ0) is 8.93. The maximum atomic E-state index is 4.88. The molecule has 2 aromatic rings. The van der Waals surface area contributed by atoms with Crippen LogP contribution in [0.15, 0.2) is 47.1 Å². The Morgan fingerprint density at radius 2 is 1.85 bits per heavy atom. The molecule has 0 aliphatic carbocycles. The van der Waals surface area contributed by atoms with Crippen LogP contribution in [0.1, 0.15) is 11.1 Å². The van der Waals surface area contributed by atoms with Crippen molar-refractivity contribution in [3.8, 4) is 0 Å². The Kier molecular flexibility index (Phi) is 2.46.